The van der Waals surface area contributed by atoms with Crippen molar-refractivity contribution in [2.24, 2.45) is 0 Å². The van der Waals surface area contributed by atoms with Crippen molar-refractivity contribution in [2.75, 3.05) is 82.7 Å². The van der Waals surface area contributed by atoms with Crippen molar-refractivity contribution < 1.29 is 42.9 Å². The minimum atomic E-state index is -1.38. The molecule has 10 N–H and O–H groups in total. The Morgan fingerprint density at radius 3 is 1.03 bits per heavy atom. The van der Waals surface area contributed by atoms with Crippen LogP contribution in [0, 0.1) is 11.6 Å². The maximum atomic E-state index is 14.6. The van der Waals surface area contributed by atoms with E-state index in [1.807, 2.05) is 93.6 Å². The lowest BCUT2D eigenvalue weighted by molar-refractivity contribution is 0.0694. The molecule has 39 heteroatoms. The highest BCUT2D eigenvalue weighted by molar-refractivity contribution is 7.59. The summed E-state index contributed by atoms with van der Waals surface area (Å²) >= 11 is 0. The summed E-state index contributed by atoms with van der Waals surface area (Å²) in [4.78, 5) is 127. The van der Waals surface area contributed by atoms with Gasteiger partial charge in [0.05, 0.1) is 80.8 Å². The number of methoxy groups -OCH3 is 1. The standard InChI is InChI=1S/C26H27FN6O2.C25H26N6O3.C24H24FN7O.C24H25N7O.4H2S/c1-15(17-6-5-7-18-19(25(34)28-4)8-9-29-23(17)18)12-30-22-11-21(32-14-33-22)16-10-20(27)24(31-13-16)26(2,3)35;1-15(17-5-4-6-18-19(25(33)26-2)7-8-27-24(17)18)11-29-23-10-20(30-14-31-23)16-9-22(34-3)21(13-32)28-12-16;1-4-20-29-11-15(12-30-20)19-9-21(32-13-31-19)28-10-14(2)16-5-6-18(25)22-17(24(33)26-3)7-8-27-23(16)22;1-4-21-28-12-16(13-29-21)20-10-22(31-14-30-20)27-11-15(2)17-6-5-7-18-19(24(32)25-3)8-9-26-23(17)18;;;;/h5-11,13-15,35H,12H2,1-4H3,(H,28,34)(H,30,32,33);4-10,12,14-15,32H,11,13H2,1-3H3,(H,26,33)(H,29,30,31);5-9,11-14H,4,10H2,1-3H3,(H,26,33)(H,28,31,32);5-10,12-15H,4,11H2,1-3H3,(H,25,32)(H,27,30,31);4*1H2/t2*15-;14-;15-;;;;/m1111..../s1. The number of aryl methyl sites for hydroxylation is 2. The third-order valence-corrected chi connectivity index (χ3v) is 22.3. The van der Waals surface area contributed by atoms with Crippen molar-refractivity contribution in [2.45, 2.75) is 104 Å². The van der Waals surface area contributed by atoms with Gasteiger partial charge in [-0.1, -0.05) is 102 Å². The van der Waals surface area contributed by atoms with Gasteiger partial charge in [-0.05, 0) is 78.6 Å². The Balaban J connectivity index is 0.000000204. The summed E-state index contributed by atoms with van der Waals surface area (Å²) in [6.07, 6.45) is 24.2. The Hall–Kier alpha value is -14.6. The molecule has 33 nitrogen and oxygen atoms in total. The number of nitrogens with zero attached hydrogens (tertiary/aromatic N) is 18. The van der Waals surface area contributed by atoms with Crippen molar-refractivity contribution in [3.8, 4) is 50.8 Å². The number of aliphatic hydroxyl groups excluding tert-OH is 1. The number of halogens is 2. The van der Waals surface area contributed by atoms with Gasteiger partial charge in [-0.25, -0.2) is 68.6 Å². The van der Waals surface area contributed by atoms with Crippen molar-refractivity contribution in [1.82, 2.24) is 111 Å². The van der Waals surface area contributed by atoms with E-state index in [1.165, 1.54) is 83.9 Å². The maximum Gasteiger partial charge on any atom is 0.251 e. The van der Waals surface area contributed by atoms with Gasteiger partial charge in [0, 0.05) is 221 Å². The predicted molar refractivity (Wildman–Crippen MR) is 553 cm³/mol. The van der Waals surface area contributed by atoms with Gasteiger partial charge in [-0.3, -0.25) is 49.1 Å². The number of carbonyl (C=O) groups is 4. The second-order valence-corrected chi connectivity index (χ2v) is 31.8. The van der Waals surface area contributed by atoms with E-state index in [-0.39, 0.29) is 125 Å². The highest BCUT2D eigenvalue weighted by Crippen LogP contribution is 2.35. The van der Waals surface area contributed by atoms with Crippen LogP contribution in [-0.2, 0) is 25.0 Å². The molecule has 0 aliphatic heterocycles. The number of pyridine rings is 6. The van der Waals surface area contributed by atoms with Crippen molar-refractivity contribution in [1.29, 1.82) is 0 Å². The molecule has 16 aromatic rings. The average Bonchev–Trinajstić information content (AvgIpc) is 0.774. The van der Waals surface area contributed by atoms with Crippen LogP contribution in [0.5, 0.6) is 5.75 Å². The fourth-order valence-electron chi connectivity index (χ4n) is 15.0. The number of anilines is 4. The molecular weight excluding hydrogens is 1830 g/mol. The normalized spacial score (nSPS) is 11.6. The number of rotatable bonds is 29. The SMILES string of the molecule is CCc1ncc(-c2cc(NC[C@@H](C)c3ccc(F)c4c(C(=O)NC)ccnc34)ncn2)cn1.CCc1ncc(-c2cc(NC[C@@H](C)c3cccc4c(C(=O)NC)ccnc34)ncn2)cn1.CNC(=O)c1ccnc2c([C@H](C)CNc3cc(-c4cnc(C(C)(C)O)c(F)c4)ncn3)cccc12.CNC(=O)c1ccnc2c([C@H](C)CNc3cc(-c4cnc(CO)c(OC)c4)ncn3)cccc12.S.S.S.S. The predicted octanol–water partition coefficient (Wildman–Crippen LogP) is 15.0. The van der Waals surface area contributed by atoms with Crippen LogP contribution < -0.4 is 47.3 Å². The second-order valence-electron chi connectivity index (χ2n) is 31.8. The first kappa shape index (κ1) is 107. The number of carbonyl (C=O) groups excluding carboxylic acids is 4. The van der Waals surface area contributed by atoms with Crippen LogP contribution in [0.25, 0.3) is 88.6 Å². The first-order valence-corrected chi connectivity index (χ1v) is 43.3. The smallest absolute Gasteiger partial charge is 0.251 e. The van der Waals surface area contributed by atoms with Gasteiger partial charge in [0.15, 0.2) is 0 Å². The number of aliphatic hydroxyl groups is 2. The number of fused-ring (bicyclic) bond motifs is 4. The monoisotopic (exact) mass is 1940 g/mol. The van der Waals surface area contributed by atoms with Gasteiger partial charge in [0.2, 0.25) is 0 Å². The van der Waals surface area contributed by atoms with Gasteiger partial charge < -0.3 is 57.5 Å². The Bertz CT molecular complexity index is 6910. The number of hydrogen-bond donors (Lipinski definition) is 10. The van der Waals surface area contributed by atoms with Crippen LogP contribution in [0.4, 0.5) is 32.1 Å². The molecule has 716 valence electrons. The summed E-state index contributed by atoms with van der Waals surface area (Å²) in [5, 5.41) is 46.1. The van der Waals surface area contributed by atoms with Gasteiger partial charge in [-0.15, -0.1) is 0 Å². The van der Waals surface area contributed by atoms with E-state index in [9.17, 15) is 38.2 Å². The molecule has 0 saturated carbocycles. The molecule has 0 aliphatic rings. The molecule has 0 radical (unpaired) electrons. The van der Waals surface area contributed by atoms with Crippen LogP contribution in [0.15, 0.2) is 215 Å². The summed E-state index contributed by atoms with van der Waals surface area (Å²) < 4.78 is 34.4. The molecule has 0 unspecified atom stereocenters. The van der Waals surface area contributed by atoms with Crippen LogP contribution in [0.2, 0.25) is 0 Å². The van der Waals surface area contributed by atoms with E-state index in [0.29, 0.717) is 99.9 Å². The third-order valence-electron chi connectivity index (χ3n) is 22.3. The number of aromatic nitrogens is 18. The molecule has 0 bridgehead atoms. The minimum absolute atomic E-state index is 0. The zero-order valence-electron chi connectivity index (χ0n) is 78.2. The molecule has 4 atom stereocenters. The Morgan fingerprint density at radius 2 is 0.696 bits per heavy atom. The molecule has 0 spiro atoms. The van der Waals surface area contributed by atoms with Gasteiger partial charge >= 0.3 is 0 Å². The van der Waals surface area contributed by atoms with Crippen molar-refractivity contribution in [3.05, 3.63) is 294 Å². The zero-order chi connectivity index (χ0) is 95.1. The lowest BCUT2D eigenvalue weighted by Gasteiger charge is -2.18. The van der Waals surface area contributed by atoms with Gasteiger partial charge in [-0.2, -0.15) is 54.0 Å². The average molecular weight is 1940 g/mol. The quantitative estimate of drug-likeness (QED) is 0.0208. The van der Waals surface area contributed by atoms with E-state index in [4.69, 9.17) is 4.74 Å². The Kier molecular flexibility index (Phi) is 39.0. The van der Waals surface area contributed by atoms with E-state index in [0.717, 1.165) is 108 Å². The number of nitrogens with one attached hydrogen (secondary N) is 8. The first-order valence-electron chi connectivity index (χ1n) is 43.3. The molecule has 0 saturated heterocycles. The molecule has 0 aliphatic carbocycles. The van der Waals surface area contributed by atoms with Crippen molar-refractivity contribution >= 4 is 144 Å². The second kappa shape index (κ2) is 50.3. The highest BCUT2D eigenvalue weighted by Gasteiger charge is 2.26. The fraction of sp³-hybridized carbons (Fsp3) is 0.253. The lowest BCUT2D eigenvalue weighted by atomic mass is 9.95. The van der Waals surface area contributed by atoms with E-state index < -0.39 is 17.2 Å². The molecule has 16 rings (SSSR count). The third kappa shape index (κ3) is 25.9. The van der Waals surface area contributed by atoms with Crippen LogP contribution in [-0.4, -0.2) is 185 Å². The number of para-hydroxylation sites is 3. The molecule has 12 heterocycles. The molecule has 0 fully saturated rings. The maximum absolute atomic E-state index is 14.6. The molecule has 4 aromatic carbocycles. The van der Waals surface area contributed by atoms with E-state index in [1.54, 1.807) is 107 Å². The number of benzene rings is 4. The summed E-state index contributed by atoms with van der Waals surface area (Å²) in [7, 11) is 7.91. The van der Waals surface area contributed by atoms with Gasteiger partial charge in [0.1, 0.15) is 94.6 Å². The van der Waals surface area contributed by atoms with E-state index >= 15 is 0 Å². The summed E-state index contributed by atoms with van der Waals surface area (Å²) in [6, 6.07) is 37.8. The fourth-order valence-corrected chi connectivity index (χ4v) is 15.0. The number of hydrogen-bond acceptors (Lipinski definition) is 29. The minimum Gasteiger partial charge on any atom is -0.495 e. The van der Waals surface area contributed by atoms with Crippen LogP contribution in [0.1, 0.15) is 166 Å². The highest BCUT2D eigenvalue weighted by atomic mass is 32.1. The largest absolute Gasteiger partial charge is 0.495 e. The van der Waals surface area contributed by atoms with E-state index in [2.05, 4.69) is 153 Å². The lowest BCUT2D eigenvalue weighted by Crippen LogP contribution is -2.19. The molecule has 4 amide bonds. The summed E-state index contributed by atoms with van der Waals surface area (Å²) in [5.41, 5.74) is 13.5. The first-order chi connectivity index (χ1) is 64.8. The zero-order valence-corrected chi connectivity index (χ0v) is 82.2. The van der Waals surface area contributed by atoms with Crippen LogP contribution in [0.3, 0.4) is 0 Å². The Labute approximate surface area is 824 Å². The molecule has 138 heavy (non-hydrogen) atoms. The summed E-state index contributed by atoms with van der Waals surface area (Å²) in [5.74, 6) is 3.10. The van der Waals surface area contributed by atoms with Gasteiger partial charge in [0.25, 0.3) is 23.6 Å². The topological polar surface area (TPSA) is 446 Å². The number of amides is 4. The molecule has 12 aromatic heterocycles. The van der Waals surface area contributed by atoms with Crippen LogP contribution >= 0.6 is 54.0 Å². The molecular formula is C99H110F2N26O7S4. The summed E-state index contributed by atoms with van der Waals surface area (Å²) in [6.45, 7) is 17.4. The van der Waals surface area contributed by atoms with Crippen molar-refractivity contribution in [3.63, 3.8) is 0 Å². The Morgan fingerprint density at radius 1 is 0.377 bits per heavy atom. The number of ether oxygens (including phenoxy) is 1.